The van der Waals surface area contributed by atoms with Gasteiger partial charge in [0.1, 0.15) is 11.6 Å². The highest BCUT2D eigenvalue weighted by molar-refractivity contribution is 5.88. The zero-order valence-corrected chi connectivity index (χ0v) is 18.0. The summed E-state index contributed by atoms with van der Waals surface area (Å²) < 4.78 is 1.74. The van der Waals surface area contributed by atoms with Gasteiger partial charge in [0.05, 0.1) is 22.2 Å². The van der Waals surface area contributed by atoms with Gasteiger partial charge in [-0.25, -0.2) is 9.97 Å². The second kappa shape index (κ2) is 7.81. The SMILES string of the molecule is CC(N)CCC1CCN(c2ccc3nc(-c4cc5cn(C)nc5cc4O)ccc3n2)C1. The summed E-state index contributed by atoms with van der Waals surface area (Å²) in [4.78, 5) is 12.0. The number of aryl methyl sites for hydroxylation is 1. The van der Waals surface area contributed by atoms with E-state index in [0.29, 0.717) is 11.5 Å². The molecule has 0 aliphatic carbocycles. The van der Waals surface area contributed by atoms with Crippen LogP contribution in [-0.4, -0.2) is 44.0 Å². The van der Waals surface area contributed by atoms with Gasteiger partial charge in [-0.15, -0.1) is 0 Å². The highest BCUT2D eigenvalue weighted by Gasteiger charge is 2.23. The highest BCUT2D eigenvalue weighted by Crippen LogP contribution is 2.33. The van der Waals surface area contributed by atoms with Crippen LogP contribution in [0.3, 0.4) is 0 Å². The van der Waals surface area contributed by atoms with Crippen molar-refractivity contribution in [3.8, 4) is 17.0 Å². The third kappa shape index (κ3) is 3.93. The summed E-state index contributed by atoms with van der Waals surface area (Å²) in [5, 5.41) is 15.8. The highest BCUT2D eigenvalue weighted by atomic mass is 16.3. The number of rotatable bonds is 5. The molecule has 0 spiro atoms. The van der Waals surface area contributed by atoms with E-state index in [2.05, 4.69) is 23.0 Å². The van der Waals surface area contributed by atoms with Crippen LogP contribution in [0, 0.1) is 5.92 Å². The average Bonchev–Trinajstić information content (AvgIpc) is 3.36. The molecular formula is C24H28N6O. The van der Waals surface area contributed by atoms with Gasteiger partial charge < -0.3 is 15.7 Å². The van der Waals surface area contributed by atoms with Crippen molar-refractivity contribution < 1.29 is 5.11 Å². The molecule has 160 valence electrons. The summed E-state index contributed by atoms with van der Waals surface area (Å²) in [6.45, 7) is 4.15. The molecule has 31 heavy (non-hydrogen) atoms. The van der Waals surface area contributed by atoms with Crippen LogP contribution < -0.4 is 10.6 Å². The topological polar surface area (TPSA) is 93.1 Å². The van der Waals surface area contributed by atoms with E-state index in [0.717, 1.165) is 53.0 Å². The maximum absolute atomic E-state index is 10.5. The smallest absolute Gasteiger partial charge is 0.129 e. The van der Waals surface area contributed by atoms with Crippen LogP contribution in [0.5, 0.6) is 5.75 Å². The normalized spacial score (nSPS) is 17.6. The molecule has 0 bridgehead atoms. The van der Waals surface area contributed by atoms with Crippen LogP contribution in [0.15, 0.2) is 42.6 Å². The summed E-state index contributed by atoms with van der Waals surface area (Å²) in [5.41, 5.74) is 9.79. The molecule has 1 aliphatic heterocycles. The maximum Gasteiger partial charge on any atom is 0.129 e. The summed E-state index contributed by atoms with van der Waals surface area (Å²) in [6, 6.07) is 11.9. The fraction of sp³-hybridized carbons (Fsp3) is 0.375. The Morgan fingerprint density at radius 1 is 1.13 bits per heavy atom. The summed E-state index contributed by atoms with van der Waals surface area (Å²) in [6.07, 6.45) is 5.38. The molecule has 1 aliphatic rings. The molecule has 1 aromatic carbocycles. The lowest BCUT2D eigenvalue weighted by molar-refractivity contribution is 0.478. The lowest BCUT2D eigenvalue weighted by Crippen LogP contribution is -2.22. The number of fused-ring (bicyclic) bond motifs is 2. The number of pyridine rings is 2. The van der Waals surface area contributed by atoms with Crippen LogP contribution in [0.25, 0.3) is 33.2 Å². The number of hydrogen-bond donors (Lipinski definition) is 2. The molecule has 2 unspecified atom stereocenters. The van der Waals surface area contributed by atoms with E-state index in [1.54, 1.807) is 10.7 Å². The number of phenolic OH excluding ortho intramolecular Hbond substituents is 1. The summed E-state index contributed by atoms with van der Waals surface area (Å²) in [5.74, 6) is 1.87. The van der Waals surface area contributed by atoms with Gasteiger partial charge in [0.15, 0.2) is 0 Å². The minimum Gasteiger partial charge on any atom is -0.507 e. The largest absolute Gasteiger partial charge is 0.507 e. The van der Waals surface area contributed by atoms with Crippen molar-refractivity contribution in [1.82, 2.24) is 19.7 Å². The van der Waals surface area contributed by atoms with Crippen molar-refractivity contribution in [2.24, 2.45) is 18.7 Å². The van der Waals surface area contributed by atoms with Crippen molar-refractivity contribution in [2.45, 2.75) is 32.2 Å². The van der Waals surface area contributed by atoms with Gasteiger partial charge >= 0.3 is 0 Å². The van der Waals surface area contributed by atoms with Crippen molar-refractivity contribution in [2.75, 3.05) is 18.0 Å². The average molecular weight is 417 g/mol. The first kappa shape index (κ1) is 19.8. The number of hydrogen-bond acceptors (Lipinski definition) is 6. The number of nitrogens with two attached hydrogens (primary N) is 1. The molecule has 0 amide bonds. The van der Waals surface area contributed by atoms with E-state index >= 15 is 0 Å². The Bertz CT molecular complexity index is 1250. The molecule has 7 nitrogen and oxygen atoms in total. The molecule has 3 N–H and O–H groups in total. The molecule has 4 heterocycles. The first-order valence-corrected chi connectivity index (χ1v) is 10.9. The van der Waals surface area contributed by atoms with Gasteiger partial charge in [0.25, 0.3) is 0 Å². The molecule has 0 radical (unpaired) electrons. The number of benzene rings is 1. The van der Waals surface area contributed by atoms with Crippen molar-refractivity contribution in [3.63, 3.8) is 0 Å². The Kier molecular flexibility index (Phi) is 4.98. The third-order valence-corrected chi connectivity index (χ3v) is 6.18. The first-order chi connectivity index (χ1) is 15.0. The van der Waals surface area contributed by atoms with Gasteiger partial charge in [-0.05, 0) is 62.4 Å². The lowest BCUT2D eigenvalue weighted by Gasteiger charge is -2.18. The summed E-state index contributed by atoms with van der Waals surface area (Å²) in [7, 11) is 1.87. The first-order valence-electron chi connectivity index (χ1n) is 10.9. The predicted molar refractivity (Wildman–Crippen MR) is 124 cm³/mol. The molecule has 3 aromatic heterocycles. The zero-order valence-electron chi connectivity index (χ0n) is 18.0. The van der Waals surface area contributed by atoms with E-state index in [4.69, 9.17) is 15.7 Å². The van der Waals surface area contributed by atoms with E-state index in [9.17, 15) is 5.11 Å². The van der Waals surface area contributed by atoms with Crippen molar-refractivity contribution in [1.29, 1.82) is 0 Å². The molecule has 7 heteroatoms. The summed E-state index contributed by atoms with van der Waals surface area (Å²) >= 11 is 0. The minimum absolute atomic E-state index is 0.178. The van der Waals surface area contributed by atoms with E-state index < -0.39 is 0 Å². The van der Waals surface area contributed by atoms with Gasteiger partial charge in [-0.1, -0.05) is 0 Å². The van der Waals surface area contributed by atoms with Crippen molar-refractivity contribution in [3.05, 3.63) is 42.6 Å². The van der Waals surface area contributed by atoms with Gasteiger partial charge in [0.2, 0.25) is 0 Å². The van der Waals surface area contributed by atoms with Crippen molar-refractivity contribution >= 4 is 27.8 Å². The quantitative estimate of drug-likeness (QED) is 0.513. The second-order valence-electron chi connectivity index (χ2n) is 8.79. The number of nitrogens with zero attached hydrogens (tertiary/aromatic N) is 5. The van der Waals surface area contributed by atoms with Gasteiger partial charge in [-0.2, -0.15) is 5.10 Å². The standard InChI is InChI=1S/C24H28N6O/c1-15(25)3-4-16-9-10-30(13-16)24-8-7-20-21(27-24)6-5-19(26-20)18-11-17-14-29(2)28-22(17)12-23(18)31/h5-8,11-12,14-16,31H,3-4,9-10,13,25H2,1-2H3. The Balaban J connectivity index is 1.40. The van der Waals surface area contributed by atoms with E-state index in [-0.39, 0.29) is 11.8 Å². The lowest BCUT2D eigenvalue weighted by atomic mass is 10.0. The molecule has 0 saturated carbocycles. The maximum atomic E-state index is 10.5. The second-order valence-corrected chi connectivity index (χ2v) is 8.79. The Labute approximate surface area is 181 Å². The predicted octanol–water partition coefficient (Wildman–Crippen LogP) is 3.84. The van der Waals surface area contributed by atoms with Crippen LogP contribution >= 0.6 is 0 Å². The van der Waals surface area contributed by atoms with Crippen LogP contribution in [-0.2, 0) is 7.05 Å². The van der Waals surface area contributed by atoms with Crippen LogP contribution in [0.4, 0.5) is 5.82 Å². The fourth-order valence-corrected chi connectivity index (χ4v) is 4.49. The zero-order chi connectivity index (χ0) is 21.5. The monoisotopic (exact) mass is 416 g/mol. The van der Waals surface area contributed by atoms with E-state index in [1.807, 2.05) is 37.5 Å². The number of aromatic hydroxyl groups is 1. The Hall–Kier alpha value is -3.19. The third-order valence-electron chi connectivity index (χ3n) is 6.18. The number of aromatic nitrogens is 4. The van der Waals surface area contributed by atoms with Crippen LogP contribution in [0.1, 0.15) is 26.2 Å². The van der Waals surface area contributed by atoms with Gasteiger partial charge in [0, 0.05) is 49.4 Å². The molecule has 1 fully saturated rings. The Morgan fingerprint density at radius 3 is 2.77 bits per heavy atom. The fourth-order valence-electron chi connectivity index (χ4n) is 4.49. The number of phenols is 1. The Morgan fingerprint density at radius 2 is 1.94 bits per heavy atom. The molecule has 1 saturated heterocycles. The number of anilines is 1. The van der Waals surface area contributed by atoms with Gasteiger partial charge in [-0.3, -0.25) is 4.68 Å². The molecule has 2 atom stereocenters. The molecule has 4 aromatic rings. The van der Waals surface area contributed by atoms with Crippen LogP contribution in [0.2, 0.25) is 0 Å². The van der Waals surface area contributed by atoms with E-state index in [1.165, 1.54) is 12.8 Å². The molecular weight excluding hydrogens is 388 g/mol. The minimum atomic E-state index is 0.178. The molecule has 5 rings (SSSR count).